The van der Waals surface area contributed by atoms with Crippen molar-refractivity contribution in [3.63, 3.8) is 0 Å². The minimum absolute atomic E-state index is 0.147. The molecule has 1 saturated carbocycles. The van der Waals surface area contributed by atoms with Crippen LogP contribution < -0.4 is 11.1 Å². The fourth-order valence-corrected chi connectivity index (χ4v) is 2.44. The number of rotatable bonds is 4. The van der Waals surface area contributed by atoms with E-state index >= 15 is 0 Å². The first-order valence-corrected chi connectivity index (χ1v) is 6.49. The van der Waals surface area contributed by atoms with Crippen LogP contribution in [0.4, 0.5) is 0 Å². The molecule has 1 aromatic heterocycles. The monoisotopic (exact) mass is 266 g/mol. The Morgan fingerprint density at radius 3 is 2.39 bits per heavy atom. The maximum atomic E-state index is 12.3. The van der Waals surface area contributed by atoms with Crippen LogP contribution >= 0.6 is 12.2 Å². The molecule has 0 radical (unpaired) electrons. The molecule has 0 aromatic carbocycles. The molecule has 1 aromatic rings. The third-order valence-electron chi connectivity index (χ3n) is 3.47. The fourth-order valence-electron chi connectivity index (χ4n) is 2.19. The Morgan fingerprint density at radius 2 is 2.00 bits per heavy atom. The fraction of sp³-hybridized carbons (Fsp3) is 0.538. The van der Waals surface area contributed by atoms with Crippen LogP contribution in [0.15, 0.2) is 4.42 Å². The molecular weight excluding hydrogens is 248 g/mol. The van der Waals surface area contributed by atoms with Gasteiger partial charge in [0.15, 0.2) is 0 Å². The van der Waals surface area contributed by atoms with Crippen LogP contribution in [0, 0.1) is 26.7 Å². The number of hydrogen-bond acceptors (Lipinski definition) is 3. The summed E-state index contributed by atoms with van der Waals surface area (Å²) >= 11 is 5.01. The van der Waals surface area contributed by atoms with Crippen molar-refractivity contribution in [1.82, 2.24) is 5.32 Å². The normalized spacial score (nSPS) is 16.4. The van der Waals surface area contributed by atoms with Gasteiger partial charge in [-0.1, -0.05) is 12.2 Å². The maximum Gasteiger partial charge on any atom is 0.255 e. The first-order valence-electron chi connectivity index (χ1n) is 6.08. The van der Waals surface area contributed by atoms with Crippen LogP contribution in [0.3, 0.4) is 0 Å². The van der Waals surface area contributed by atoms with Gasteiger partial charge in [-0.3, -0.25) is 4.79 Å². The summed E-state index contributed by atoms with van der Waals surface area (Å²) in [5.41, 5.74) is 7.16. The number of nitrogens with one attached hydrogen (secondary N) is 1. The molecule has 1 amide bonds. The van der Waals surface area contributed by atoms with Gasteiger partial charge in [0.25, 0.3) is 5.91 Å². The van der Waals surface area contributed by atoms with Gasteiger partial charge in [0.05, 0.1) is 16.6 Å². The van der Waals surface area contributed by atoms with E-state index in [1.807, 2.05) is 13.8 Å². The summed E-state index contributed by atoms with van der Waals surface area (Å²) in [6.45, 7) is 5.53. The Labute approximate surface area is 112 Å². The lowest BCUT2D eigenvalue weighted by Crippen LogP contribution is -2.45. The zero-order chi connectivity index (χ0) is 13.4. The highest BCUT2D eigenvalue weighted by molar-refractivity contribution is 7.80. The molecule has 0 saturated heterocycles. The molecular formula is C13H18N2O2S. The first kappa shape index (κ1) is 13.1. The molecule has 4 nitrogen and oxygen atoms in total. The number of thiocarbonyl (C=S) groups is 1. The zero-order valence-electron chi connectivity index (χ0n) is 10.9. The Morgan fingerprint density at radius 1 is 1.39 bits per heavy atom. The summed E-state index contributed by atoms with van der Waals surface area (Å²) in [5, 5.41) is 2.92. The number of nitrogens with two attached hydrogens (primary N) is 1. The third kappa shape index (κ3) is 2.41. The van der Waals surface area contributed by atoms with Gasteiger partial charge in [-0.25, -0.2) is 0 Å². The molecule has 18 heavy (non-hydrogen) atoms. The Kier molecular flexibility index (Phi) is 3.43. The van der Waals surface area contributed by atoms with Gasteiger partial charge >= 0.3 is 0 Å². The van der Waals surface area contributed by atoms with Crippen molar-refractivity contribution >= 4 is 23.1 Å². The molecule has 0 spiro atoms. The molecule has 0 aliphatic heterocycles. The van der Waals surface area contributed by atoms with Crippen LogP contribution in [0.25, 0.3) is 0 Å². The molecule has 0 bridgehead atoms. The standard InChI is InChI=1S/C13H18N2O2S/c1-6-7(2)17-8(3)10(6)13(16)15-11(12(14)18)9-4-5-9/h9,11H,4-5H2,1-3H3,(H2,14,18)(H,15,16). The highest BCUT2D eigenvalue weighted by Crippen LogP contribution is 2.33. The molecule has 1 unspecified atom stereocenters. The van der Waals surface area contributed by atoms with E-state index < -0.39 is 0 Å². The van der Waals surface area contributed by atoms with Crippen molar-refractivity contribution in [1.29, 1.82) is 0 Å². The highest BCUT2D eigenvalue weighted by Gasteiger charge is 2.35. The molecule has 1 aliphatic rings. The van der Waals surface area contributed by atoms with Crippen molar-refractivity contribution in [2.75, 3.05) is 0 Å². The van der Waals surface area contributed by atoms with Crippen molar-refractivity contribution in [3.8, 4) is 0 Å². The van der Waals surface area contributed by atoms with E-state index in [1.165, 1.54) is 0 Å². The van der Waals surface area contributed by atoms with Crippen molar-refractivity contribution in [2.45, 2.75) is 39.7 Å². The number of carbonyl (C=O) groups excluding carboxylic acids is 1. The lowest BCUT2D eigenvalue weighted by molar-refractivity contribution is 0.0942. The SMILES string of the molecule is Cc1oc(C)c(C(=O)NC(C(N)=S)C2CC2)c1C. The molecule has 2 rings (SSSR count). The van der Waals surface area contributed by atoms with E-state index in [1.54, 1.807) is 6.92 Å². The molecule has 1 aliphatic carbocycles. The summed E-state index contributed by atoms with van der Waals surface area (Å²) in [6.07, 6.45) is 2.15. The molecule has 5 heteroatoms. The van der Waals surface area contributed by atoms with Crippen LogP contribution in [0.5, 0.6) is 0 Å². The van der Waals surface area contributed by atoms with Crippen LogP contribution in [-0.4, -0.2) is 16.9 Å². The van der Waals surface area contributed by atoms with Crippen LogP contribution in [0.1, 0.15) is 40.3 Å². The molecule has 98 valence electrons. The van der Waals surface area contributed by atoms with Crippen LogP contribution in [0.2, 0.25) is 0 Å². The van der Waals surface area contributed by atoms with Gasteiger partial charge in [-0.2, -0.15) is 0 Å². The van der Waals surface area contributed by atoms with E-state index in [0.717, 1.165) is 24.2 Å². The van der Waals surface area contributed by atoms with E-state index in [0.29, 0.717) is 22.2 Å². The number of hydrogen-bond donors (Lipinski definition) is 2. The molecule has 1 fully saturated rings. The molecule has 1 heterocycles. The summed E-state index contributed by atoms with van der Waals surface area (Å²) in [6, 6.07) is -0.193. The highest BCUT2D eigenvalue weighted by atomic mass is 32.1. The van der Waals surface area contributed by atoms with Crippen LogP contribution in [-0.2, 0) is 0 Å². The van der Waals surface area contributed by atoms with Gasteiger partial charge in [-0.05, 0) is 39.5 Å². The van der Waals surface area contributed by atoms with E-state index in [-0.39, 0.29) is 11.9 Å². The summed E-state index contributed by atoms with van der Waals surface area (Å²) in [7, 11) is 0. The average Bonchev–Trinajstić information content (AvgIpc) is 3.05. The van der Waals surface area contributed by atoms with E-state index in [2.05, 4.69) is 5.32 Å². The largest absolute Gasteiger partial charge is 0.466 e. The van der Waals surface area contributed by atoms with Gasteiger partial charge < -0.3 is 15.5 Å². The van der Waals surface area contributed by atoms with Gasteiger partial charge in [-0.15, -0.1) is 0 Å². The third-order valence-corrected chi connectivity index (χ3v) is 3.73. The average molecular weight is 266 g/mol. The minimum Gasteiger partial charge on any atom is -0.466 e. The lowest BCUT2D eigenvalue weighted by Gasteiger charge is -2.16. The Bertz CT molecular complexity index is 503. The lowest BCUT2D eigenvalue weighted by atomic mass is 10.1. The quantitative estimate of drug-likeness (QED) is 0.818. The maximum absolute atomic E-state index is 12.3. The van der Waals surface area contributed by atoms with Crippen molar-refractivity contribution < 1.29 is 9.21 Å². The smallest absolute Gasteiger partial charge is 0.255 e. The predicted octanol–water partition coefficient (Wildman–Crippen LogP) is 2.00. The van der Waals surface area contributed by atoms with E-state index in [4.69, 9.17) is 22.4 Å². The second-order valence-electron chi connectivity index (χ2n) is 4.91. The topological polar surface area (TPSA) is 68.3 Å². The van der Waals surface area contributed by atoms with Crippen molar-refractivity contribution in [3.05, 3.63) is 22.6 Å². The summed E-state index contributed by atoms with van der Waals surface area (Å²) in [5.74, 6) is 1.67. The minimum atomic E-state index is -0.193. The number of carbonyl (C=O) groups is 1. The van der Waals surface area contributed by atoms with E-state index in [9.17, 15) is 4.79 Å². The van der Waals surface area contributed by atoms with Gasteiger partial charge in [0, 0.05) is 5.56 Å². The summed E-state index contributed by atoms with van der Waals surface area (Å²) < 4.78 is 5.46. The number of furan rings is 1. The first-order chi connectivity index (χ1) is 8.41. The summed E-state index contributed by atoms with van der Waals surface area (Å²) in [4.78, 5) is 12.6. The predicted molar refractivity (Wildman–Crippen MR) is 73.7 cm³/mol. The van der Waals surface area contributed by atoms with Crippen molar-refractivity contribution in [2.24, 2.45) is 11.7 Å². The van der Waals surface area contributed by atoms with Gasteiger partial charge in [0.1, 0.15) is 11.5 Å². The number of amides is 1. The molecule has 1 atom stereocenters. The second kappa shape index (κ2) is 4.72. The number of aryl methyl sites for hydroxylation is 2. The zero-order valence-corrected chi connectivity index (χ0v) is 11.7. The Hall–Kier alpha value is -1.36. The molecule has 3 N–H and O–H groups in total. The van der Waals surface area contributed by atoms with Gasteiger partial charge in [0.2, 0.25) is 0 Å². The Balaban J connectivity index is 2.18. The second-order valence-corrected chi connectivity index (χ2v) is 5.38.